The van der Waals surface area contributed by atoms with Gasteiger partial charge < -0.3 is 15.4 Å². The molecule has 16 heavy (non-hydrogen) atoms. The molecular formula is C9H14N4O2S. The Morgan fingerprint density at radius 2 is 2.06 bits per heavy atom. The predicted molar refractivity (Wildman–Crippen MR) is 60.2 cm³/mol. The molecule has 0 aliphatic carbocycles. The zero-order valence-corrected chi connectivity index (χ0v) is 10.0. The van der Waals surface area contributed by atoms with Gasteiger partial charge in [-0.25, -0.2) is 0 Å². The van der Waals surface area contributed by atoms with Crippen LogP contribution in [0, 0.1) is 0 Å². The molecule has 2 N–H and O–H groups in total. The second-order valence-corrected chi connectivity index (χ2v) is 4.92. The second-order valence-electron chi connectivity index (χ2n) is 3.91. The number of carbonyl (C=O) groups excluding carboxylic acids is 1. The van der Waals surface area contributed by atoms with E-state index in [1.54, 1.807) is 4.90 Å². The van der Waals surface area contributed by atoms with Crippen LogP contribution in [0.5, 0.6) is 0 Å². The van der Waals surface area contributed by atoms with E-state index in [4.69, 9.17) is 10.5 Å². The normalized spacial score (nSPS) is 25.8. The molecule has 0 radical (unpaired) electrons. The van der Waals surface area contributed by atoms with E-state index >= 15 is 0 Å². The summed E-state index contributed by atoms with van der Waals surface area (Å²) < 4.78 is 5.56. The van der Waals surface area contributed by atoms with E-state index in [2.05, 4.69) is 10.2 Å². The van der Waals surface area contributed by atoms with Crippen LogP contribution in [-0.2, 0) is 4.74 Å². The first kappa shape index (κ1) is 11.3. The third-order valence-electron chi connectivity index (χ3n) is 2.33. The van der Waals surface area contributed by atoms with Crippen molar-refractivity contribution in [3.8, 4) is 0 Å². The van der Waals surface area contributed by atoms with Crippen LogP contribution in [0.3, 0.4) is 0 Å². The number of morpholine rings is 1. The molecule has 1 aromatic heterocycles. The number of hydrogen-bond acceptors (Lipinski definition) is 6. The Kier molecular flexibility index (Phi) is 3.06. The zero-order valence-electron chi connectivity index (χ0n) is 9.21. The average molecular weight is 242 g/mol. The summed E-state index contributed by atoms with van der Waals surface area (Å²) in [5, 5.41) is 8.05. The number of nitrogens with zero attached hydrogens (tertiary/aromatic N) is 3. The van der Waals surface area contributed by atoms with Crippen molar-refractivity contribution in [3.63, 3.8) is 0 Å². The fourth-order valence-electron chi connectivity index (χ4n) is 1.80. The van der Waals surface area contributed by atoms with Gasteiger partial charge in [-0.05, 0) is 13.8 Å². The SMILES string of the molecule is C[C@@H]1CN(C(=O)c2nnc(N)s2)C[C@H](C)O1. The van der Waals surface area contributed by atoms with Gasteiger partial charge in [0, 0.05) is 13.1 Å². The number of nitrogen functional groups attached to an aromatic ring is 1. The van der Waals surface area contributed by atoms with Crippen molar-refractivity contribution in [2.24, 2.45) is 0 Å². The summed E-state index contributed by atoms with van der Waals surface area (Å²) in [5.41, 5.74) is 5.45. The van der Waals surface area contributed by atoms with Gasteiger partial charge in [0.05, 0.1) is 12.2 Å². The van der Waals surface area contributed by atoms with Gasteiger partial charge in [-0.15, -0.1) is 10.2 Å². The Morgan fingerprint density at radius 1 is 1.44 bits per heavy atom. The first-order chi connectivity index (χ1) is 7.56. The van der Waals surface area contributed by atoms with Crippen LogP contribution in [-0.4, -0.2) is 46.3 Å². The lowest BCUT2D eigenvalue weighted by atomic mass is 10.2. The van der Waals surface area contributed by atoms with E-state index in [9.17, 15) is 4.79 Å². The van der Waals surface area contributed by atoms with Crippen LogP contribution in [0.25, 0.3) is 0 Å². The molecule has 2 heterocycles. The fourth-order valence-corrected chi connectivity index (χ4v) is 2.38. The molecule has 0 spiro atoms. The maximum Gasteiger partial charge on any atom is 0.285 e. The highest BCUT2D eigenvalue weighted by atomic mass is 32.1. The molecule has 0 saturated carbocycles. The Labute approximate surface area is 97.4 Å². The van der Waals surface area contributed by atoms with Gasteiger partial charge in [0.25, 0.3) is 5.91 Å². The number of amides is 1. The van der Waals surface area contributed by atoms with Crippen molar-refractivity contribution >= 4 is 22.4 Å². The lowest BCUT2D eigenvalue weighted by Gasteiger charge is -2.34. The van der Waals surface area contributed by atoms with E-state index in [-0.39, 0.29) is 18.1 Å². The lowest BCUT2D eigenvalue weighted by Crippen LogP contribution is -2.48. The molecule has 1 amide bonds. The highest BCUT2D eigenvalue weighted by Gasteiger charge is 2.28. The number of rotatable bonds is 1. The number of carbonyl (C=O) groups is 1. The maximum atomic E-state index is 12.0. The first-order valence-corrected chi connectivity index (χ1v) is 5.91. The van der Waals surface area contributed by atoms with Crippen molar-refractivity contribution in [2.75, 3.05) is 18.8 Å². The van der Waals surface area contributed by atoms with E-state index in [1.807, 2.05) is 13.8 Å². The highest BCUT2D eigenvalue weighted by Crippen LogP contribution is 2.17. The molecule has 1 saturated heterocycles. The molecule has 0 unspecified atom stereocenters. The molecule has 1 fully saturated rings. The van der Waals surface area contributed by atoms with Crippen molar-refractivity contribution in [2.45, 2.75) is 26.1 Å². The van der Waals surface area contributed by atoms with Crippen LogP contribution in [0.2, 0.25) is 0 Å². The summed E-state index contributed by atoms with van der Waals surface area (Å²) in [6.45, 7) is 5.07. The number of hydrogen-bond donors (Lipinski definition) is 1. The van der Waals surface area contributed by atoms with Crippen molar-refractivity contribution in [1.82, 2.24) is 15.1 Å². The Balaban J connectivity index is 2.09. The third-order valence-corrected chi connectivity index (χ3v) is 3.07. The monoisotopic (exact) mass is 242 g/mol. The average Bonchev–Trinajstić information content (AvgIpc) is 2.62. The topological polar surface area (TPSA) is 81.3 Å². The minimum Gasteiger partial charge on any atom is -0.374 e. The van der Waals surface area contributed by atoms with Gasteiger partial charge in [-0.2, -0.15) is 0 Å². The van der Waals surface area contributed by atoms with E-state index in [0.29, 0.717) is 23.2 Å². The fraction of sp³-hybridized carbons (Fsp3) is 0.667. The summed E-state index contributed by atoms with van der Waals surface area (Å²) in [6.07, 6.45) is 0.107. The van der Waals surface area contributed by atoms with E-state index in [0.717, 1.165) is 11.3 Å². The molecule has 1 aromatic rings. The quantitative estimate of drug-likeness (QED) is 0.769. The number of nitrogens with two attached hydrogens (primary N) is 1. The number of aromatic nitrogens is 2. The summed E-state index contributed by atoms with van der Waals surface area (Å²) in [4.78, 5) is 13.8. The molecule has 88 valence electrons. The molecule has 0 bridgehead atoms. The smallest absolute Gasteiger partial charge is 0.285 e. The Bertz CT molecular complexity index is 385. The largest absolute Gasteiger partial charge is 0.374 e. The van der Waals surface area contributed by atoms with Crippen molar-refractivity contribution in [1.29, 1.82) is 0 Å². The summed E-state index contributed by atoms with van der Waals surface area (Å²) in [5.74, 6) is -0.115. The van der Waals surface area contributed by atoms with E-state index in [1.165, 1.54) is 0 Å². The zero-order chi connectivity index (χ0) is 11.7. The van der Waals surface area contributed by atoms with Crippen LogP contribution in [0.4, 0.5) is 5.13 Å². The summed E-state index contributed by atoms with van der Waals surface area (Å²) in [7, 11) is 0. The number of anilines is 1. The molecule has 1 aliphatic heterocycles. The van der Waals surface area contributed by atoms with Gasteiger partial charge in [-0.1, -0.05) is 11.3 Å². The molecule has 7 heteroatoms. The minimum absolute atomic E-state index is 0.0537. The van der Waals surface area contributed by atoms with Crippen LogP contribution >= 0.6 is 11.3 Å². The minimum atomic E-state index is -0.115. The van der Waals surface area contributed by atoms with Crippen molar-refractivity contribution in [3.05, 3.63) is 5.01 Å². The number of ether oxygens (including phenoxy) is 1. The summed E-state index contributed by atoms with van der Waals surface area (Å²) >= 11 is 1.12. The molecule has 0 aromatic carbocycles. The van der Waals surface area contributed by atoms with Crippen molar-refractivity contribution < 1.29 is 9.53 Å². The van der Waals surface area contributed by atoms with Gasteiger partial charge >= 0.3 is 0 Å². The third kappa shape index (κ3) is 2.30. The van der Waals surface area contributed by atoms with Gasteiger partial charge in [-0.3, -0.25) is 4.79 Å². The molecule has 1 aliphatic rings. The second kappa shape index (κ2) is 4.34. The van der Waals surface area contributed by atoms with Crippen LogP contribution < -0.4 is 5.73 Å². The lowest BCUT2D eigenvalue weighted by molar-refractivity contribution is -0.0586. The maximum absolute atomic E-state index is 12.0. The highest BCUT2D eigenvalue weighted by molar-refractivity contribution is 7.16. The predicted octanol–water partition coefficient (Wildman–Crippen LogP) is 0.370. The molecule has 2 atom stereocenters. The van der Waals surface area contributed by atoms with Crippen LogP contribution in [0.1, 0.15) is 23.6 Å². The molecule has 2 rings (SSSR count). The summed E-state index contributed by atoms with van der Waals surface area (Å²) in [6, 6.07) is 0. The molecular weight excluding hydrogens is 228 g/mol. The first-order valence-electron chi connectivity index (χ1n) is 5.10. The Morgan fingerprint density at radius 3 is 2.56 bits per heavy atom. The van der Waals surface area contributed by atoms with E-state index < -0.39 is 0 Å². The van der Waals surface area contributed by atoms with Gasteiger partial charge in [0.2, 0.25) is 10.1 Å². The van der Waals surface area contributed by atoms with Crippen LogP contribution in [0.15, 0.2) is 0 Å². The standard InChI is InChI=1S/C9H14N4O2S/c1-5-3-13(4-6(2)15-5)8(14)7-11-12-9(10)16-7/h5-6H,3-4H2,1-2H3,(H2,10,12)/t5-,6+. The van der Waals surface area contributed by atoms with Gasteiger partial charge in [0.15, 0.2) is 0 Å². The Hall–Kier alpha value is -1.21. The molecule has 6 nitrogen and oxygen atoms in total. The van der Waals surface area contributed by atoms with Gasteiger partial charge in [0.1, 0.15) is 0 Å².